The molecule has 0 fully saturated rings. The van der Waals surface area contributed by atoms with Crippen LogP contribution in [-0.2, 0) is 27.8 Å². The van der Waals surface area contributed by atoms with Crippen molar-refractivity contribution in [1.82, 2.24) is 9.21 Å². The molecule has 0 saturated heterocycles. The molecule has 1 heterocycles. The number of sulfonamides is 1. The predicted octanol–water partition coefficient (Wildman–Crippen LogP) is 5.98. The van der Waals surface area contributed by atoms with Crippen LogP contribution in [0.2, 0.25) is 0 Å². The van der Waals surface area contributed by atoms with Gasteiger partial charge in [0, 0.05) is 22.8 Å². The van der Waals surface area contributed by atoms with Gasteiger partial charge < -0.3 is 14.4 Å². The minimum Gasteiger partial charge on any atom is -0.493 e. The fraction of sp³-hybridized carbons (Fsp3) is 0.323. The van der Waals surface area contributed by atoms with E-state index in [1.807, 2.05) is 79.9 Å². The molecule has 212 valence electrons. The number of methoxy groups -OCH3 is 2. The highest BCUT2D eigenvalue weighted by atomic mass is 32.2. The Morgan fingerprint density at radius 2 is 1.70 bits per heavy atom. The molecule has 0 spiro atoms. The van der Waals surface area contributed by atoms with E-state index in [1.165, 1.54) is 4.31 Å². The summed E-state index contributed by atoms with van der Waals surface area (Å²) in [5.41, 5.74) is 0.990. The quantitative estimate of drug-likeness (QED) is 0.195. The molecule has 0 N–H and O–H groups in total. The van der Waals surface area contributed by atoms with E-state index in [0.29, 0.717) is 42.8 Å². The highest BCUT2D eigenvalue weighted by Crippen LogP contribution is 2.29. The summed E-state index contributed by atoms with van der Waals surface area (Å²) in [6.45, 7) is 4.38. The van der Waals surface area contributed by atoms with Gasteiger partial charge in [-0.05, 0) is 60.4 Å². The van der Waals surface area contributed by atoms with Gasteiger partial charge in [0.1, 0.15) is 0 Å². The lowest BCUT2D eigenvalue weighted by Gasteiger charge is -2.31. The highest BCUT2D eigenvalue weighted by molar-refractivity contribution is 7.89. The Kier molecular flexibility index (Phi) is 9.84. The van der Waals surface area contributed by atoms with Crippen molar-refractivity contribution >= 4 is 38.0 Å². The average Bonchev–Trinajstić information content (AvgIpc) is 3.50. The van der Waals surface area contributed by atoms with E-state index in [2.05, 4.69) is 0 Å². The third kappa shape index (κ3) is 6.66. The van der Waals surface area contributed by atoms with Gasteiger partial charge in [-0.15, -0.1) is 11.3 Å². The van der Waals surface area contributed by atoms with Gasteiger partial charge in [0.15, 0.2) is 11.5 Å². The molecule has 9 heteroatoms. The topological polar surface area (TPSA) is 76.2 Å². The molecular formula is C31H36N2O5S2. The van der Waals surface area contributed by atoms with Gasteiger partial charge in [0.25, 0.3) is 0 Å². The first kappa shape index (κ1) is 29.6. The molecular weight excluding hydrogens is 544 g/mol. The number of ether oxygens (including phenoxy) is 2. The first-order valence-corrected chi connectivity index (χ1v) is 15.6. The number of thiophene rings is 1. The molecule has 0 unspecified atom stereocenters. The number of hydrogen-bond donors (Lipinski definition) is 0. The third-order valence-electron chi connectivity index (χ3n) is 7.11. The third-order valence-corrected chi connectivity index (χ3v) is 9.99. The number of carbonyl (C=O) groups is 1. The maximum atomic E-state index is 14.1. The number of amides is 1. The van der Waals surface area contributed by atoms with Crippen LogP contribution in [0.15, 0.2) is 83.1 Å². The highest BCUT2D eigenvalue weighted by Gasteiger charge is 2.33. The Balaban J connectivity index is 1.62. The van der Waals surface area contributed by atoms with Crippen LogP contribution in [0, 0.1) is 0 Å². The van der Waals surface area contributed by atoms with Crippen molar-refractivity contribution in [3.05, 3.63) is 88.6 Å². The van der Waals surface area contributed by atoms with E-state index < -0.39 is 10.0 Å². The number of fused-ring (bicyclic) bond motifs is 1. The molecule has 40 heavy (non-hydrogen) atoms. The van der Waals surface area contributed by atoms with Crippen molar-refractivity contribution < 1.29 is 22.7 Å². The zero-order valence-electron chi connectivity index (χ0n) is 23.4. The Hall–Kier alpha value is -3.40. The van der Waals surface area contributed by atoms with E-state index in [-0.39, 0.29) is 23.4 Å². The van der Waals surface area contributed by atoms with Crippen LogP contribution in [0.25, 0.3) is 10.8 Å². The lowest BCUT2D eigenvalue weighted by atomic mass is 10.1. The van der Waals surface area contributed by atoms with Crippen molar-refractivity contribution in [2.24, 2.45) is 0 Å². The fourth-order valence-corrected chi connectivity index (χ4v) is 7.23. The van der Waals surface area contributed by atoms with Gasteiger partial charge in [-0.2, -0.15) is 4.31 Å². The normalized spacial score (nSPS) is 12.4. The van der Waals surface area contributed by atoms with Crippen molar-refractivity contribution in [2.75, 3.05) is 27.3 Å². The monoisotopic (exact) mass is 580 g/mol. The summed E-state index contributed by atoms with van der Waals surface area (Å²) in [7, 11) is -0.772. The van der Waals surface area contributed by atoms with Gasteiger partial charge in [-0.1, -0.05) is 55.5 Å². The Bertz CT molecular complexity index is 1530. The van der Waals surface area contributed by atoms with Crippen molar-refractivity contribution in [3.8, 4) is 11.5 Å². The zero-order chi connectivity index (χ0) is 28.7. The van der Waals surface area contributed by atoms with Crippen molar-refractivity contribution in [2.45, 2.75) is 44.2 Å². The second kappa shape index (κ2) is 13.3. The maximum Gasteiger partial charge on any atom is 0.244 e. The summed E-state index contributed by atoms with van der Waals surface area (Å²) in [6, 6.07) is 22.0. The van der Waals surface area contributed by atoms with Gasteiger partial charge in [-0.25, -0.2) is 8.42 Å². The number of benzene rings is 3. The zero-order valence-corrected chi connectivity index (χ0v) is 25.0. The summed E-state index contributed by atoms with van der Waals surface area (Å²) < 4.78 is 40.3. The second-order valence-electron chi connectivity index (χ2n) is 9.62. The molecule has 4 rings (SSSR count). The van der Waals surface area contributed by atoms with E-state index in [4.69, 9.17) is 9.47 Å². The number of carbonyl (C=O) groups excluding carboxylic acids is 1. The van der Waals surface area contributed by atoms with E-state index in [0.717, 1.165) is 15.8 Å². The van der Waals surface area contributed by atoms with Crippen LogP contribution in [0.5, 0.6) is 11.5 Å². The summed E-state index contributed by atoms with van der Waals surface area (Å²) in [5.74, 6) is 1.03. The molecule has 1 atom stereocenters. The minimum absolute atomic E-state index is 0.217. The molecule has 1 amide bonds. The number of rotatable bonds is 13. The van der Waals surface area contributed by atoms with Gasteiger partial charge in [0.2, 0.25) is 15.9 Å². The first-order chi connectivity index (χ1) is 19.3. The average molecular weight is 581 g/mol. The van der Waals surface area contributed by atoms with Gasteiger partial charge in [-0.3, -0.25) is 4.79 Å². The molecule has 1 aromatic heterocycles. The standard InChI is InChI=1S/C31H36N2O5S2/c1-5-23(2)33(40(35,36)30-14-8-11-25-10-6-7-13-27(25)30)22-31(34)32(21-26-12-9-19-39-26)18-17-24-15-16-28(37-3)29(20-24)38-4/h6-16,19-20,23H,5,17-18,21-22H2,1-4H3/t23-/m0/s1. The fourth-order valence-electron chi connectivity index (χ4n) is 4.64. The van der Waals surface area contributed by atoms with E-state index >= 15 is 0 Å². The molecule has 4 aromatic rings. The molecule has 0 aliphatic heterocycles. The molecule has 0 aliphatic carbocycles. The van der Waals surface area contributed by atoms with Crippen LogP contribution >= 0.6 is 11.3 Å². The van der Waals surface area contributed by atoms with Gasteiger partial charge in [0.05, 0.1) is 32.2 Å². The SMILES string of the molecule is CC[C@H](C)N(CC(=O)N(CCc1ccc(OC)c(OC)c1)Cc1cccs1)S(=O)(=O)c1cccc2ccccc12. The minimum atomic E-state index is -3.96. The van der Waals surface area contributed by atoms with E-state index in [9.17, 15) is 13.2 Å². The largest absolute Gasteiger partial charge is 0.493 e. The van der Waals surface area contributed by atoms with Crippen LogP contribution < -0.4 is 9.47 Å². The molecule has 0 aliphatic rings. The molecule has 0 saturated carbocycles. The van der Waals surface area contributed by atoms with Crippen LogP contribution in [0.1, 0.15) is 30.7 Å². The Labute approximate surface area is 241 Å². The lowest BCUT2D eigenvalue weighted by molar-refractivity contribution is -0.132. The summed E-state index contributed by atoms with van der Waals surface area (Å²) in [5, 5.41) is 3.46. The van der Waals surface area contributed by atoms with Crippen molar-refractivity contribution in [1.29, 1.82) is 0 Å². The lowest BCUT2D eigenvalue weighted by Crippen LogP contribution is -2.46. The van der Waals surface area contributed by atoms with Crippen LogP contribution in [-0.4, -0.2) is 56.9 Å². The molecule has 3 aromatic carbocycles. The second-order valence-corrected chi connectivity index (χ2v) is 12.5. The first-order valence-electron chi connectivity index (χ1n) is 13.3. The molecule has 0 radical (unpaired) electrons. The maximum absolute atomic E-state index is 14.1. The summed E-state index contributed by atoms with van der Waals surface area (Å²) in [6.07, 6.45) is 1.16. The Morgan fingerprint density at radius 3 is 2.40 bits per heavy atom. The van der Waals surface area contributed by atoms with Crippen molar-refractivity contribution in [3.63, 3.8) is 0 Å². The van der Waals surface area contributed by atoms with Gasteiger partial charge >= 0.3 is 0 Å². The molecule has 0 bridgehead atoms. The summed E-state index contributed by atoms with van der Waals surface area (Å²) in [4.78, 5) is 16.9. The van der Waals surface area contributed by atoms with E-state index in [1.54, 1.807) is 42.6 Å². The Morgan fingerprint density at radius 1 is 0.950 bits per heavy atom. The smallest absolute Gasteiger partial charge is 0.244 e. The number of hydrogen-bond acceptors (Lipinski definition) is 6. The summed E-state index contributed by atoms with van der Waals surface area (Å²) >= 11 is 1.57. The van der Waals surface area contributed by atoms with Crippen LogP contribution in [0.4, 0.5) is 0 Å². The number of nitrogens with zero attached hydrogens (tertiary/aromatic N) is 2. The van der Waals surface area contributed by atoms with Crippen LogP contribution in [0.3, 0.4) is 0 Å². The predicted molar refractivity (Wildman–Crippen MR) is 161 cm³/mol. The molecule has 7 nitrogen and oxygen atoms in total.